The van der Waals surface area contributed by atoms with Crippen molar-refractivity contribution in [1.82, 2.24) is 4.98 Å². The Balaban J connectivity index is 3.20. The molecule has 0 aliphatic rings. The first-order chi connectivity index (χ1) is 5.25. The van der Waals surface area contributed by atoms with Crippen LogP contribution in [0.3, 0.4) is 0 Å². The van der Waals surface area contributed by atoms with E-state index in [2.05, 4.69) is 42.0 Å². The van der Waals surface area contributed by atoms with Gasteiger partial charge < -0.3 is 5.21 Å². The number of rotatable bonds is 1. The van der Waals surface area contributed by atoms with Crippen molar-refractivity contribution in [2.24, 2.45) is 5.16 Å². The molecule has 1 rings (SSSR count). The van der Waals surface area contributed by atoms with E-state index in [0.717, 1.165) is 14.5 Å². The predicted octanol–water partition coefficient (Wildman–Crippen LogP) is 2.41. The van der Waals surface area contributed by atoms with Crippen molar-refractivity contribution in [2.45, 2.75) is 0 Å². The minimum absolute atomic E-state index is 0.766. The normalized spacial score (nSPS) is 10.7. The van der Waals surface area contributed by atoms with E-state index in [0.29, 0.717) is 0 Å². The maximum atomic E-state index is 8.28. The third-order valence-electron chi connectivity index (χ3n) is 1.08. The second-order valence-electron chi connectivity index (χ2n) is 1.76. The molecule has 0 spiro atoms. The molecule has 0 fully saturated rings. The summed E-state index contributed by atoms with van der Waals surface area (Å²) in [6.07, 6.45) is 4.58. The fraction of sp³-hybridized carbons (Fsp3) is 0. The largest absolute Gasteiger partial charge is 0.411 e. The molecule has 0 amide bonds. The van der Waals surface area contributed by atoms with E-state index >= 15 is 0 Å². The predicted molar refractivity (Wildman–Crippen MR) is 49.0 cm³/mol. The van der Waals surface area contributed by atoms with Gasteiger partial charge in [0, 0.05) is 26.9 Å². The van der Waals surface area contributed by atoms with E-state index in [1.54, 1.807) is 12.4 Å². The molecule has 1 heterocycles. The molecule has 1 aromatic heterocycles. The maximum absolute atomic E-state index is 8.28. The maximum Gasteiger partial charge on any atom is 0.0757 e. The molecule has 0 aliphatic carbocycles. The van der Waals surface area contributed by atoms with E-state index in [4.69, 9.17) is 5.21 Å². The molecule has 0 atom stereocenters. The minimum Gasteiger partial charge on any atom is -0.411 e. The molecule has 1 N–H and O–H groups in total. The second-order valence-corrected chi connectivity index (χ2v) is 3.47. The third kappa shape index (κ3) is 2.00. The van der Waals surface area contributed by atoms with Crippen molar-refractivity contribution in [3.8, 4) is 0 Å². The molecule has 1 aromatic rings. The van der Waals surface area contributed by atoms with Gasteiger partial charge in [-0.05, 0) is 31.9 Å². The number of aromatic nitrogens is 1. The lowest BCUT2D eigenvalue weighted by Gasteiger charge is -1.97. The van der Waals surface area contributed by atoms with Gasteiger partial charge in [-0.1, -0.05) is 5.16 Å². The van der Waals surface area contributed by atoms with Crippen LogP contribution in [0.1, 0.15) is 5.56 Å². The van der Waals surface area contributed by atoms with Crippen LogP contribution in [-0.2, 0) is 0 Å². The molecule has 0 unspecified atom stereocenters. The summed E-state index contributed by atoms with van der Waals surface area (Å²) < 4.78 is 1.56. The number of oxime groups is 1. The number of hydrogen-bond acceptors (Lipinski definition) is 3. The van der Waals surface area contributed by atoms with Gasteiger partial charge in [0.25, 0.3) is 0 Å². The van der Waals surface area contributed by atoms with Crippen LogP contribution in [-0.4, -0.2) is 16.4 Å². The molecule has 0 saturated carbocycles. The van der Waals surface area contributed by atoms with E-state index in [-0.39, 0.29) is 0 Å². The molecule has 0 bridgehead atoms. The monoisotopic (exact) mass is 278 g/mol. The van der Waals surface area contributed by atoms with Crippen LogP contribution >= 0.6 is 31.9 Å². The van der Waals surface area contributed by atoms with Gasteiger partial charge in [-0.2, -0.15) is 0 Å². The molecule has 0 aromatic carbocycles. The number of pyridine rings is 1. The summed E-state index contributed by atoms with van der Waals surface area (Å²) in [5, 5.41) is 11.2. The number of halogens is 2. The van der Waals surface area contributed by atoms with Crippen molar-refractivity contribution in [1.29, 1.82) is 0 Å². The zero-order valence-corrected chi connectivity index (χ0v) is 8.50. The average molecular weight is 280 g/mol. The van der Waals surface area contributed by atoms with Gasteiger partial charge in [-0.25, -0.2) is 0 Å². The van der Waals surface area contributed by atoms with Crippen molar-refractivity contribution in [3.05, 3.63) is 26.9 Å². The third-order valence-corrected chi connectivity index (χ3v) is 2.34. The van der Waals surface area contributed by atoms with Crippen LogP contribution in [0.5, 0.6) is 0 Å². The first-order valence-corrected chi connectivity index (χ1v) is 4.30. The Morgan fingerprint density at radius 1 is 1.36 bits per heavy atom. The second kappa shape index (κ2) is 3.82. The van der Waals surface area contributed by atoms with Crippen LogP contribution in [0.4, 0.5) is 0 Å². The summed E-state index contributed by atoms with van der Waals surface area (Å²) >= 11 is 6.51. The smallest absolute Gasteiger partial charge is 0.0757 e. The highest BCUT2D eigenvalue weighted by Gasteiger charge is 2.01. The Labute approximate surface area is 80.4 Å². The van der Waals surface area contributed by atoms with Gasteiger partial charge in [-0.3, -0.25) is 4.98 Å². The quantitative estimate of drug-likeness (QED) is 0.487. The highest BCUT2D eigenvalue weighted by atomic mass is 79.9. The Bertz CT molecular complexity index is 268. The molecule has 0 saturated heterocycles. The first-order valence-electron chi connectivity index (χ1n) is 2.72. The molecule has 5 heteroatoms. The molecule has 3 nitrogen and oxygen atoms in total. The highest BCUT2D eigenvalue weighted by molar-refractivity contribution is 9.11. The van der Waals surface area contributed by atoms with Gasteiger partial charge in [-0.15, -0.1) is 0 Å². The van der Waals surface area contributed by atoms with Gasteiger partial charge in [0.2, 0.25) is 0 Å². The molecule has 11 heavy (non-hydrogen) atoms. The lowest BCUT2D eigenvalue weighted by molar-refractivity contribution is 0.322. The molecule has 0 radical (unpaired) electrons. The zero-order chi connectivity index (χ0) is 8.27. The fourth-order valence-electron chi connectivity index (χ4n) is 0.602. The Morgan fingerprint density at radius 3 is 2.36 bits per heavy atom. The molecule has 58 valence electrons. The lowest BCUT2D eigenvalue weighted by atomic mass is 10.3. The summed E-state index contributed by atoms with van der Waals surface area (Å²) in [6.45, 7) is 0. The molecular formula is C6H4Br2N2O. The van der Waals surface area contributed by atoms with Crippen molar-refractivity contribution < 1.29 is 5.21 Å². The molecule has 0 aliphatic heterocycles. The van der Waals surface area contributed by atoms with Gasteiger partial charge >= 0.3 is 0 Å². The van der Waals surface area contributed by atoms with Crippen molar-refractivity contribution in [3.63, 3.8) is 0 Å². The lowest BCUT2D eigenvalue weighted by Crippen LogP contribution is -1.86. The van der Waals surface area contributed by atoms with E-state index in [1.807, 2.05) is 0 Å². The van der Waals surface area contributed by atoms with E-state index < -0.39 is 0 Å². The van der Waals surface area contributed by atoms with E-state index in [1.165, 1.54) is 6.21 Å². The van der Waals surface area contributed by atoms with Crippen LogP contribution < -0.4 is 0 Å². The highest BCUT2D eigenvalue weighted by Crippen LogP contribution is 2.21. The summed E-state index contributed by atoms with van der Waals surface area (Å²) in [4.78, 5) is 3.89. The Morgan fingerprint density at radius 2 is 1.91 bits per heavy atom. The number of hydrogen-bond donors (Lipinski definition) is 1. The van der Waals surface area contributed by atoms with Crippen LogP contribution in [0.25, 0.3) is 0 Å². The van der Waals surface area contributed by atoms with E-state index in [9.17, 15) is 0 Å². The SMILES string of the molecule is O/N=C/c1c(Br)cncc1Br. The first kappa shape index (κ1) is 8.67. The van der Waals surface area contributed by atoms with Crippen LogP contribution in [0.15, 0.2) is 26.5 Å². The zero-order valence-electron chi connectivity index (χ0n) is 5.33. The standard InChI is InChI=1S/C6H4Br2N2O/c7-5-2-9-3-6(8)4(5)1-10-11/h1-3,11H/b10-1+. The summed E-state index contributed by atoms with van der Waals surface area (Å²) in [7, 11) is 0. The van der Waals surface area contributed by atoms with Crippen molar-refractivity contribution >= 4 is 38.1 Å². The average Bonchev–Trinajstić information content (AvgIpc) is 1.97. The van der Waals surface area contributed by atoms with Gasteiger partial charge in [0.15, 0.2) is 0 Å². The van der Waals surface area contributed by atoms with Crippen LogP contribution in [0.2, 0.25) is 0 Å². The van der Waals surface area contributed by atoms with Crippen LogP contribution in [0, 0.1) is 0 Å². The minimum atomic E-state index is 0.766. The number of nitrogens with zero attached hydrogens (tertiary/aromatic N) is 2. The Kier molecular flexibility index (Phi) is 3.02. The summed E-state index contributed by atoms with van der Waals surface area (Å²) in [6, 6.07) is 0. The summed E-state index contributed by atoms with van der Waals surface area (Å²) in [5.41, 5.74) is 0.766. The Hall–Kier alpha value is -0.420. The van der Waals surface area contributed by atoms with Gasteiger partial charge in [0.1, 0.15) is 0 Å². The van der Waals surface area contributed by atoms with Crippen molar-refractivity contribution in [2.75, 3.05) is 0 Å². The van der Waals surface area contributed by atoms with Gasteiger partial charge in [0.05, 0.1) is 6.21 Å². The topological polar surface area (TPSA) is 45.5 Å². The summed E-state index contributed by atoms with van der Waals surface area (Å²) in [5.74, 6) is 0. The fourth-order valence-corrected chi connectivity index (χ4v) is 1.74. The molecular weight excluding hydrogens is 276 g/mol.